The Morgan fingerprint density at radius 2 is 1.56 bits per heavy atom. The highest BCUT2D eigenvalue weighted by Gasteiger charge is 2.07. The number of rotatable bonds is 1. The van der Waals surface area contributed by atoms with Crippen LogP contribution in [0.1, 0.15) is 20.8 Å². The summed E-state index contributed by atoms with van der Waals surface area (Å²) in [4.78, 5) is -0.0966. The third-order valence-electron chi connectivity index (χ3n) is 1.11. The summed E-state index contributed by atoms with van der Waals surface area (Å²) in [6.45, 7) is 9.25. The molecule has 5 heteroatoms. The molecule has 0 radical (unpaired) electrons. The van der Waals surface area contributed by atoms with Crippen molar-refractivity contribution in [1.82, 2.24) is 0 Å². The van der Waals surface area contributed by atoms with Gasteiger partial charge in [0.05, 0.1) is 4.90 Å². The van der Waals surface area contributed by atoms with E-state index in [-0.39, 0.29) is 4.90 Å². The molecule has 1 aromatic carbocycles. The molecule has 0 aliphatic carbocycles. The molecule has 0 amide bonds. The first-order valence-corrected chi connectivity index (χ1v) is 6.95. The van der Waals surface area contributed by atoms with Gasteiger partial charge in [-0.3, -0.25) is 4.55 Å². The molecule has 0 saturated carbocycles. The maximum absolute atomic E-state index is 10.5. The predicted molar refractivity (Wildman–Crippen MR) is 71.2 cm³/mol. The van der Waals surface area contributed by atoms with E-state index in [1.165, 1.54) is 12.1 Å². The smallest absolute Gasteiger partial charge is 0.282 e. The van der Waals surface area contributed by atoms with Crippen molar-refractivity contribution >= 4 is 26.0 Å². The highest BCUT2D eigenvalue weighted by Crippen LogP contribution is 2.13. The first-order chi connectivity index (χ1) is 7.41. The van der Waals surface area contributed by atoms with Crippen LogP contribution in [0, 0.1) is 0 Å². The first kappa shape index (κ1) is 17.7. The SMILES string of the molecule is C=CC.CC.O=S(=O)(O)c1ccc(Br)cc1. The Morgan fingerprint density at radius 1 is 1.25 bits per heavy atom. The van der Waals surface area contributed by atoms with Crippen LogP contribution in [-0.2, 0) is 10.1 Å². The van der Waals surface area contributed by atoms with Crippen LogP contribution in [0.2, 0.25) is 0 Å². The van der Waals surface area contributed by atoms with Crippen LogP contribution in [0.25, 0.3) is 0 Å². The van der Waals surface area contributed by atoms with Crippen molar-refractivity contribution in [3.05, 3.63) is 41.4 Å². The summed E-state index contributed by atoms with van der Waals surface area (Å²) in [6, 6.07) is 5.73. The average molecular weight is 309 g/mol. The van der Waals surface area contributed by atoms with Crippen molar-refractivity contribution in [2.24, 2.45) is 0 Å². The summed E-state index contributed by atoms with van der Waals surface area (Å²) in [5.41, 5.74) is 0. The minimum absolute atomic E-state index is 0.0966. The maximum Gasteiger partial charge on any atom is 0.294 e. The monoisotopic (exact) mass is 308 g/mol. The van der Waals surface area contributed by atoms with E-state index in [1.807, 2.05) is 20.8 Å². The molecule has 0 bridgehead atoms. The lowest BCUT2D eigenvalue weighted by atomic mass is 10.4. The summed E-state index contributed by atoms with van der Waals surface area (Å²) in [5, 5.41) is 0. The number of allylic oxidation sites excluding steroid dienone is 1. The minimum Gasteiger partial charge on any atom is -0.282 e. The van der Waals surface area contributed by atoms with Crippen LogP contribution in [0.4, 0.5) is 0 Å². The molecule has 16 heavy (non-hydrogen) atoms. The van der Waals surface area contributed by atoms with Gasteiger partial charge >= 0.3 is 0 Å². The van der Waals surface area contributed by atoms with Crippen molar-refractivity contribution in [1.29, 1.82) is 0 Å². The van der Waals surface area contributed by atoms with E-state index in [4.69, 9.17) is 4.55 Å². The van der Waals surface area contributed by atoms with Crippen LogP contribution in [0.3, 0.4) is 0 Å². The first-order valence-electron chi connectivity index (χ1n) is 4.72. The minimum atomic E-state index is -4.04. The molecule has 0 saturated heterocycles. The van der Waals surface area contributed by atoms with Crippen LogP contribution in [0.5, 0.6) is 0 Å². The fourth-order valence-electron chi connectivity index (χ4n) is 0.607. The Bertz CT molecular complexity index is 382. The van der Waals surface area contributed by atoms with Gasteiger partial charge in [0.15, 0.2) is 0 Å². The Labute approximate surface area is 106 Å². The molecule has 0 atom stereocenters. The Morgan fingerprint density at radius 3 is 1.81 bits per heavy atom. The van der Waals surface area contributed by atoms with Crippen molar-refractivity contribution in [2.45, 2.75) is 25.7 Å². The van der Waals surface area contributed by atoms with Crippen molar-refractivity contribution in [3.8, 4) is 0 Å². The molecule has 0 fully saturated rings. The van der Waals surface area contributed by atoms with Crippen molar-refractivity contribution in [2.75, 3.05) is 0 Å². The van der Waals surface area contributed by atoms with Crippen LogP contribution in [0.15, 0.2) is 46.3 Å². The molecule has 0 unspecified atom stereocenters. The van der Waals surface area contributed by atoms with E-state index >= 15 is 0 Å². The summed E-state index contributed by atoms with van der Waals surface area (Å²) in [7, 11) is -4.04. The molecule has 0 aliphatic heterocycles. The van der Waals surface area contributed by atoms with Gasteiger partial charge in [0, 0.05) is 4.47 Å². The highest BCUT2D eigenvalue weighted by molar-refractivity contribution is 9.10. The molecular formula is C11H17BrO3S. The van der Waals surface area contributed by atoms with Gasteiger partial charge in [0.2, 0.25) is 0 Å². The Hall–Kier alpha value is -0.650. The molecule has 3 nitrogen and oxygen atoms in total. The molecule has 1 rings (SSSR count). The zero-order chi connectivity index (χ0) is 13.2. The van der Waals surface area contributed by atoms with Gasteiger partial charge in [0.25, 0.3) is 10.1 Å². The quantitative estimate of drug-likeness (QED) is 0.632. The molecule has 0 aliphatic rings. The Kier molecular flexibility index (Phi) is 10.6. The van der Waals surface area contributed by atoms with Gasteiger partial charge in [-0.1, -0.05) is 35.9 Å². The van der Waals surface area contributed by atoms with Gasteiger partial charge in [-0.15, -0.1) is 6.58 Å². The summed E-state index contributed by atoms with van der Waals surface area (Å²) in [5.74, 6) is 0. The summed E-state index contributed by atoms with van der Waals surface area (Å²) < 4.78 is 30.3. The molecule has 92 valence electrons. The summed E-state index contributed by atoms with van der Waals surface area (Å²) in [6.07, 6.45) is 1.75. The van der Waals surface area contributed by atoms with E-state index in [0.29, 0.717) is 0 Å². The van der Waals surface area contributed by atoms with E-state index < -0.39 is 10.1 Å². The van der Waals surface area contributed by atoms with Crippen molar-refractivity contribution < 1.29 is 13.0 Å². The van der Waals surface area contributed by atoms with Gasteiger partial charge in [0.1, 0.15) is 0 Å². The molecule has 1 aromatic rings. The molecule has 0 aromatic heterocycles. The van der Waals surface area contributed by atoms with E-state index in [1.54, 1.807) is 18.2 Å². The van der Waals surface area contributed by atoms with Crippen LogP contribution in [-0.4, -0.2) is 13.0 Å². The third kappa shape index (κ3) is 8.64. The number of halogens is 1. The van der Waals surface area contributed by atoms with Gasteiger partial charge in [-0.2, -0.15) is 8.42 Å². The van der Waals surface area contributed by atoms with E-state index in [0.717, 1.165) is 4.47 Å². The second-order valence-electron chi connectivity index (χ2n) is 2.34. The maximum atomic E-state index is 10.5. The van der Waals surface area contributed by atoms with Gasteiger partial charge in [-0.05, 0) is 31.2 Å². The zero-order valence-corrected chi connectivity index (χ0v) is 12.0. The Balaban J connectivity index is 0. The lowest BCUT2D eigenvalue weighted by Gasteiger charge is -1.94. The second-order valence-corrected chi connectivity index (χ2v) is 4.67. The van der Waals surface area contributed by atoms with Gasteiger partial charge < -0.3 is 0 Å². The van der Waals surface area contributed by atoms with Crippen LogP contribution >= 0.6 is 15.9 Å². The molecule has 0 heterocycles. The van der Waals surface area contributed by atoms with E-state index in [2.05, 4.69) is 22.5 Å². The van der Waals surface area contributed by atoms with Crippen molar-refractivity contribution in [3.63, 3.8) is 0 Å². The number of benzene rings is 1. The molecular weight excluding hydrogens is 292 g/mol. The van der Waals surface area contributed by atoms with E-state index in [9.17, 15) is 8.42 Å². The standard InChI is InChI=1S/C6H5BrO3S.C3H6.C2H6/c7-5-1-3-6(4-2-5)11(8,9)10;1-3-2;1-2/h1-4H,(H,8,9,10);3H,1H2,2H3;1-2H3. The predicted octanol–water partition coefficient (Wildman–Crippen LogP) is 3.91. The van der Waals surface area contributed by atoms with Crippen LogP contribution < -0.4 is 0 Å². The largest absolute Gasteiger partial charge is 0.294 e. The molecule has 0 spiro atoms. The lowest BCUT2D eigenvalue weighted by Crippen LogP contribution is -1.96. The third-order valence-corrected chi connectivity index (χ3v) is 2.51. The fourth-order valence-corrected chi connectivity index (χ4v) is 1.35. The number of hydrogen-bond donors (Lipinski definition) is 1. The normalized spacial score (nSPS) is 9.06. The molecule has 1 N–H and O–H groups in total. The van der Waals surface area contributed by atoms with Gasteiger partial charge in [-0.25, -0.2) is 0 Å². The highest BCUT2D eigenvalue weighted by atomic mass is 79.9. The summed E-state index contributed by atoms with van der Waals surface area (Å²) >= 11 is 3.14. The second kappa shape index (κ2) is 9.57. The topological polar surface area (TPSA) is 54.4 Å². The zero-order valence-electron chi connectivity index (χ0n) is 9.64. The fraction of sp³-hybridized carbons (Fsp3) is 0.273. The number of hydrogen-bond acceptors (Lipinski definition) is 2. The average Bonchev–Trinajstić information content (AvgIpc) is 2.21. The lowest BCUT2D eigenvalue weighted by molar-refractivity contribution is 0.483.